The molecule has 4 fully saturated rings. The summed E-state index contributed by atoms with van der Waals surface area (Å²) in [5.74, 6) is -1.70. The van der Waals surface area contributed by atoms with Gasteiger partial charge in [0.05, 0.1) is 40.9 Å². The summed E-state index contributed by atoms with van der Waals surface area (Å²) in [6, 6.07) is -0.392. The van der Waals surface area contributed by atoms with Gasteiger partial charge in [-0.15, -0.1) is 0 Å². The lowest BCUT2D eigenvalue weighted by Crippen LogP contribution is -2.57. The lowest BCUT2D eigenvalue weighted by Gasteiger charge is -2.42. The largest absolute Gasteiger partial charge is 0.493 e. The Kier molecular flexibility index (Phi) is 7.48. The van der Waals surface area contributed by atoms with Gasteiger partial charge in [0.2, 0.25) is 0 Å². The summed E-state index contributed by atoms with van der Waals surface area (Å²) in [4.78, 5) is 28.0. The zero-order valence-electron chi connectivity index (χ0n) is 24.2. The van der Waals surface area contributed by atoms with Gasteiger partial charge in [-0.1, -0.05) is 0 Å². The molecule has 9 nitrogen and oxygen atoms in total. The fourth-order valence-electron chi connectivity index (χ4n) is 7.03. The highest BCUT2D eigenvalue weighted by Gasteiger charge is 2.48. The van der Waals surface area contributed by atoms with Gasteiger partial charge < -0.3 is 19.1 Å². The highest BCUT2D eigenvalue weighted by Crippen LogP contribution is 2.45. The van der Waals surface area contributed by atoms with Gasteiger partial charge in [-0.2, -0.15) is 9.97 Å². The minimum Gasteiger partial charge on any atom is -0.493 e. The van der Waals surface area contributed by atoms with Crippen LogP contribution >= 0.6 is 15.9 Å². The lowest BCUT2D eigenvalue weighted by molar-refractivity contribution is 0.0122. The Morgan fingerprint density at radius 2 is 1.88 bits per heavy atom. The number of halogens is 4. The van der Waals surface area contributed by atoms with Crippen LogP contribution in [0.4, 0.5) is 23.8 Å². The first kappa shape index (κ1) is 29.3. The Balaban J connectivity index is 1.37. The molecule has 0 spiro atoms. The first-order valence-corrected chi connectivity index (χ1v) is 15.1. The van der Waals surface area contributed by atoms with Crippen LogP contribution < -0.4 is 14.4 Å². The number of nitrogens with zero attached hydrogens (tertiary/aromatic N) is 5. The van der Waals surface area contributed by atoms with Crippen molar-refractivity contribution in [2.75, 3.05) is 44.8 Å². The van der Waals surface area contributed by atoms with E-state index in [0.29, 0.717) is 38.0 Å². The second-order valence-electron chi connectivity index (χ2n) is 12.7. The second-order valence-corrected chi connectivity index (χ2v) is 13.5. The van der Waals surface area contributed by atoms with E-state index in [9.17, 15) is 9.18 Å². The van der Waals surface area contributed by atoms with Crippen molar-refractivity contribution < 1.29 is 32.2 Å². The van der Waals surface area contributed by atoms with Crippen molar-refractivity contribution >= 4 is 38.7 Å². The number of anilines is 1. The van der Waals surface area contributed by atoms with E-state index in [1.54, 1.807) is 4.90 Å². The number of aromatic nitrogens is 2. The van der Waals surface area contributed by atoms with Crippen LogP contribution in [0.2, 0.25) is 0 Å². The number of hydrogen-bond acceptors (Lipinski definition) is 8. The molecule has 0 saturated carbocycles. The topological polar surface area (TPSA) is 80.3 Å². The molecule has 4 aliphatic heterocycles. The predicted octanol–water partition coefficient (Wildman–Crippen LogP) is 5.74. The smallest absolute Gasteiger partial charge is 0.410 e. The van der Waals surface area contributed by atoms with E-state index in [1.165, 1.54) is 7.11 Å². The molecule has 4 saturated heterocycles. The van der Waals surface area contributed by atoms with E-state index >= 15 is 8.78 Å². The first-order valence-electron chi connectivity index (χ1n) is 14.3. The third kappa shape index (κ3) is 4.95. The second kappa shape index (κ2) is 10.7. The Morgan fingerprint density at radius 1 is 1.17 bits per heavy atom. The molecule has 3 atom stereocenters. The van der Waals surface area contributed by atoms with Gasteiger partial charge >= 0.3 is 12.1 Å². The van der Waals surface area contributed by atoms with E-state index in [-0.39, 0.29) is 58.8 Å². The van der Waals surface area contributed by atoms with E-state index in [4.69, 9.17) is 19.2 Å². The summed E-state index contributed by atoms with van der Waals surface area (Å²) in [7, 11) is 1.31. The van der Waals surface area contributed by atoms with Crippen molar-refractivity contribution in [1.29, 1.82) is 0 Å². The third-order valence-electron chi connectivity index (χ3n) is 8.79. The predicted molar refractivity (Wildman–Crippen MR) is 154 cm³/mol. The van der Waals surface area contributed by atoms with Gasteiger partial charge in [-0.05, 0) is 80.9 Å². The maximum absolute atomic E-state index is 15.6. The van der Waals surface area contributed by atoms with Gasteiger partial charge in [0.25, 0.3) is 0 Å². The average Bonchev–Trinajstić information content (AvgIpc) is 3.58. The SMILES string of the molecule is COc1c(F)c(Br)c(F)c2nc(OC[C@@]34CCCN3C/C(=C\F)C4)nc(N3CC4CCC(C3)N4C(=O)OC(C)(C)C)c12. The molecular formula is C29H35BrF3N5O4. The lowest BCUT2D eigenvalue weighted by atomic mass is 9.94. The summed E-state index contributed by atoms with van der Waals surface area (Å²) in [5.41, 5.74) is -0.438. The van der Waals surface area contributed by atoms with Gasteiger partial charge in [0.15, 0.2) is 17.4 Å². The standard InChI is InChI=1S/C29H35BrF3N5O4/c1-28(2,3)42-27(39)38-17-6-7-18(38)14-36(13-17)25-19-23(21(32)20(30)22(33)24(19)40-4)34-26(35-25)41-15-29-8-5-9-37(29)12-16(10-29)11-31/h11,17-18H,5-10,12-15H2,1-4H3/b16-11-/t17?,18?,29-/m0/s1. The number of hydrogen-bond donors (Lipinski definition) is 0. The Morgan fingerprint density at radius 3 is 2.52 bits per heavy atom. The normalized spacial score (nSPS) is 26.8. The van der Waals surface area contributed by atoms with E-state index in [2.05, 4.69) is 25.8 Å². The average molecular weight is 655 g/mol. The Bertz CT molecular complexity index is 1440. The number of benzene rings is 1. The van der Waals surface area contributed by atoms with Gasteiger partial charge in [-0.3, -0.25) is 9.80 Å². The molecule has 1 aromatic carbocycles. The highest BCUT2D eigenvalue weighted by molar-refractivity contribution is 9.10. The Labute approximate surface area is 251 Å². The minimum atomic E-state index is -0.895. The maximum atomic E-state index is 15.6. The van der Waals surface area contributed by atoms with Crippen LogP contribution in [0, 0.1) is 11.6 Å². The molecule has 42 heavy (non-hydrogen) atoms. The molecule has 228 valence electrons. The van der Waals surface area contributed by atoms with Crippen LogP contribution in [0.25, 0.3) is 10.9 Å². The number of fused-ring (bicyclic) bond motifs is 4. The van der Waals surface area contributed by atoms with Crippen molar-refractivity contribution in [2.45, 2.75) is 76.1 Å². The van der Waals surface area contributed by atoms with E-state index < -0.39 is 21.7 Å². The number of amides is 1. The van der Waals surface area contributed by atoms with E-state index in [1.807, 2.05) is 25.7 Å². The summed E-state index contributed by atoms with van der Waals surface area (Å²) in [6.07, 6.45) is 4.17. The summed E-state index contributed by atoms with van der Waals surface area (Å²) < 4.78 is 61.1. The fourth-order valence-corrected chi connectivity index (χ4v) is 7.40. The van der Waals surface area contributed by atoms with Crippen LogP contribution in [0.1, 0.15) is 52.9 Å². The fraction of sp³-hybridized carbons (Fsp3) is 0.621. The first-order chi connectivity index (χ1) is 19.9. The van der Waals surface area contributed by atoms with Crippen molar-refractivity contribution in [3.63, 3.8) is 0 Å². The van der Waals surface area contributed by atoms with Crippen molar-refractivity contribution in [2.24, 2.45) is 0 Å². The quantitative estimate of drug-likeness (QED) is 0.378. The molecule has 4 aliphatic rings. The van der Waals surface area contributed by atoms with Crippen LogP contribution in [-0.4, -0.2) is 89.0 Å². The molecule has 2 aromatic rings. The van der Waals surface area contributed by atoms with Gasteiger partial charge in [0, 0.05) is 19.6 Å². The monoisotopic (exact) mass is 653 g/mol. The van der Waals surface area contributed by atoms with Crippen LogP contribution in [-0.2, 0) is 4.74 Å². The molecule has 1 amide bonds. The number of piperazine rings is 1. The van der Waals surface area contributed by atoms with Crippen LogP contribution in [0.3, 0.4) is 0 Å². The number of methoxy groups -OCH3 is 1. The highest BCUT2D eigenvalue weighted by atomic mass is 79.9. The summed E-state index contributed by atoms with van der Waals surface area (Å²) in [6.45, 7) is 7.84. The number of carbonyl (C=O) groups excluding carboxylic acids is 1. The Hall–Kier alpha value is -2.80. The molecule has 6 rings (SSSR count). The maximum Gasteiger partial charge on any atom is 0.410 e. The third-order valence-corrected chi connectivity index (χ3v) is 9.49. The number of rotatable bonds is 5. The summed E-state index contributed by atoms with van der Waals surface area (Å²) in [5, 5.41) is 0.0948. The molecule has 0 aliphatic carbocycles. The molecule has 5 heterocycles. The summed E-state index contributed by atoms with van der Waals surface area (Å²) >= 11 is 3.01. The number of carbonyl (C=O) groups is 1. The zero-order chi connectivity index (χ0) is 30.0. The molecular weight excluding hydrogens is 619 g/mol. The van der Waals surface area contributed by atoms with Crippen molar-refractivity contribution in [3.8, 4) is 11.8 Å². The van der Waals surface area contributed by atoms with Gasteiger partial charge in [-0.25, -0.2) is 18.0 Å². The number of ether oxygens (including phenoxy) is 3. The minimum absolute atomic E-state index is 0.0576. The van der Waals surface area contributed by atoms with Crippen LogP contribution in [0.15, 0.2) is 16.4 Å². The molecule has 0 radical (unpaired) electrons. The van der Waals surface area contributed by atoms with Crippen LogP contribution in [0.5, 0.6) is 11.8 Å². The molecule has 2 bridgehead atoms. The zero-order valence-corrected chi connectivity index (χ0v) is 25.8. The van der Waals surface area contributed by atoms with Crippen molar-refractivity contribution in [1.82, 2.24) is 19.8 Å². The van der Waals surface area contributed by atoms with Crippen molar-refractivity contribution in [3.05, 3.63) is 28.0 Å². The molecule has 2 unspecified atom stereocenters. The van der Waals surface area contributed by atoms with E-state index in [0.717, 1.165) is 32.2 Å². The van der Waals surface area contributed by atoms with Gasteiger partial charge in [0.1, 0.15) is 23.5 Å². The molecule has 13 heteroatoms. The molecule has 0 N–H and O–H groups in total. The molecule has 1 aromatic heterocycles.